The number of amides is 1. The zero-order valence-corrected chi connectivity index (χ0v) is 22.0. The molecule has 1 amide bonds. The molecule has 0 spiro atoms. The Hall–Kier alpha value is -3.79. The Balaban J connectivity index is 1.43. The maximum absolute atomic E-state index is 12.7. The van der Waals surface area contributed by atoms with E-state index in [4.69, 9.17) is 24.4 Å². The Morgan fingerprint density at radius 2 is 1.76 bits per heavy atom. The van der Waals surface area contributed by atoms with Crippen molar-refractivity contribution in [1.82, 2.24) is 5.01 Å². The van der Waals surface area contributed by atoms with Gasteiger partial charge in [0, 0.05) is 0 Å². The molecule has 0 aromatic heterocycles. The van der Waals surface area contributed by atoms with E-state index in [9.17, 15) is 4.79 Å². The normalized spacial score (nSPS) is 15.9. The van der Waals surface area contributed by atoms with E-state index in [1.807, 2.05) is 37.3 Å². The molecule has 2 heterocycles. The average Bonchev–Trinajstić information content (AvgIpc) is 3.32. The van der Waals surface area contributed by atoms with Gasteiger partial charge >= 0.3 is 0 Å². The number of benzene rings is 2. The summed E-state index contributed by atoms with van der Waals surface area (Å²) in [6.07, 6.45) is 4.49. The highest BCUT2D eigenvalue weighted by Gasteiger charge is 2.35. The van der Waals surface area contributed by atoms with Crippen molar-refractivity contribution in [2.45, 2.75) is 33.1 Å². The summed E-state index contributed by atoms with van der Waals surface area (Å²) in [7, 11) is 1.62. The van der Waals surface area contributed by atoms with Gasteiger partial charge in [-0.3, -0.25) is 10.2 Å². The molecule has 0 saturated heterocycles. The topological polar surface area (TPSA) is 106 Å². The van der Waals surface area contributed by atoms with Crippen LogP contribution in [-0.2, 0) is 4.79 Å². The number of aliphatic imine (C=N–C) groups is 1. The van der Waals surface area contributed by atoms with Crippen LogP contribution >= 0.6 is 11.8 Å². The first-order valence-corrected chi connectivity index (χ1v) is 13.0. The van der Waals surface area contributed by atoms with Crippen LogP contribution in [0.5, 0.6) is 23.0 Å². The first kappa shape index (κ1) is 26.3. The zero-order chi connectivity index (χ0) is 26.2. The zero-order valence-electron chi connectivity index (χ0n) is 21.2. The molecule has 2 aliphatic heterocycles. The number of methoxy groups -OCH3 is 1. The standard InChI is InChI=1S/C27H30N4O5S/c1-4-6-7-24-30-31-25(28)21(26(32)29-27(31)37-24)16-18-8-13-22(23(17-18)34-5-2)36-15-14-35-20-11-9-19(33-3)10-12-20/h8-13,16-17,28H,4-7,14-15H2,1-3H3/b21-16-,28-25?. The summed E-state index contributed by atoms with van der Waals surface area (Å²) < 4.78 is 22.5. The molecule has 0 fully saturated rings. The van der Waals surface area contributed by atoms with Crippen LogP contribution in [0, 0.1) is 5.41 Å². The lowest BCUT2D eigenvalue weighted by atomic mass is 10.1. The minimum Gasteiger partial charge on any atom is -0.497 e. The first-order chi connectivity index (χ1) is 18.0. The molecular formula is C27H30N4O5S. The minimum absolute atomic E-state index is 0.0166. The highest BCUT2D eigenvalue weighted by Crippen LogP contribution is 2.32. The largest absolute Gasteiger partial charge is 0.497 e. The molecule has 9 nitrogen and oxygen atoms in total. The Labute approximate surface area is 220 Å². The van der Waals surface area contributed by atoms with Crippen molar-refractivity contribution in [3.05, 3.63) is 53.6 Å². The Morgan fingerprint density at radius 3 is 2.49 bits per heavy atom. The van der Waals surface area contributed by atoms with E-state index in [1.165, 1.54) is 16.8 Å². The van der Waals surface area contributed by atoms with Gasteiger partial charge in [0.1, 0.15) is 29.8 Å². The van der Waals surface area contributed by atoms with E-state index >= 15 is 0 Å². The fourth-order valence-electron chi connectivity index (χ4n) is 3.61. The molecular weight excluding hydrogens is 492 g/mol. The molecule has 0 saturated carbocycles. The maximum Gasteiger partial charge on any atom is 0.283 e. The van der Waals surface area contributed by atoms with Gasteiger partial charge in [0.2, 0.25) is 5.17 Å². The second-order valence-corrected chi connectivity index (χ2v) is 9.17. The van der Waals surface area contributed by atoms with Crippen LogP contribution in [0.25, 0.3) is 6.08 Å². The van der Waals surface area contributed by atoms with Crippen molar-refractivity contribution in [3.8, 4) is 23.0 Å². The number of thioether (sulfide) groups is 1. The van der Waals surface area contributed by atoms with Crippen molar-refractivity contribution in [1.29, 1.82) is 5.41 Å². The summed E-state index contributed by atoms with van der Waals surface area (Å²) >= 11 is 1.36. The smallest absolute Gasteiger partial charge is 0.283 e. The van der Waals surface area contributed by atoms with Crippen LogP contribution < -0.4 is 18.9 Å². The number of fused-ring (bicyclic) bond motifs is 1. The van der Waals surface area contributed by atoms with E-state index in [1.54, 1.807) is 25.3 Å². The summed E-state index contributed by atoms with van der Waals surface area (Å²) in [5, 5.41) is 15.8. The minimum atomic E-state index is -0.454. The molecule has 10 heteroatoms. The number of hydrogen-bond donors (Lipinski definition) is 1. The highest BCUT2D eigenvalue weighted by molar-refractivity contribution is 8.26. The number of unbranched alkanes of at least 4 members (excludes halogenated alkanes) is 1. The van der Waals surface area contributed by atoms with Crippen LogP contribution in [-0.4, -0.2) is 53.9 Å². The molecule has 2 aromatic carbocycles. The quantitative estimate of drug-likeness (QED) is 0.295. The second kappa shape index (κ2) is 12.4. The molecule has 0 bridgehead atoms. The summed E-state index contributed by atoms with van der Waals surface area (Å²) in [5.74, 6) is 2.15. The molecule has 4 rings (SSSR count). The lowest BCUT2D eigenvalue weighted by molar-refractivity contribution is -0.114. The predicted molar refractivity (Wildman–Crippen MR) is 146 cm³/mol. The van der Waals surface area contributed by atoms with Gasteiger partial charge in [0.25, 0.3) is 5.91 Å². The number of hydrazone groups is 1. The summed E-state index contributed by atoms with van der Waals surface area (Å²) in [6.45, 7) is 5.11. The number of ether oxygens (including phenoxy) is 4. The summed E-state index contributed by atoms with van der Waals surface area (Å²) in [4.78, 5) is 16.9. The lowest BCUT2D eigenvalue weighted by Crippen LogP contribution is -2.35. The van der Waals surface area contributed by atoms with Crippen molar-refractivity contribution in [2.24, 2.45) is 10.1 Å². The van der Waals surface area contributed by atoms with Gasteiger partial charge in [-0.05, 0) is 79.6 Å². The molecule has 194 valence electrons. The third kappa shape index (κ3) is 6.51. The highest BCUT2D eigenvalue weighted by atomic mass is 32.2. The van der Waals surface area contributed by atoms with Crippen LogP contribution in [0.15, 0.2) is 58.1 Å². The summed E-state index contributed by atoms with van der Waals surface area (Å²) in [6, 6.07) is 12.7. The number of carbonyl (C=O) groups excluding carboxylic acids is 1. The van der Waals surface area contributed by atoms with Gasteiger partial charge in [0.15, 0.2) is 17.3 Å². The van der Waals surface area contributed by atoms with Gasteiger partial charge in [-0.25, -0.2) is 0 Å². The second-order valence-electron chi connectivity index (χ2n) is 8.13. The molecule has 37 heavy (non-hydrogen) atoms. The van der Waals surface area contributed by atoms with E-state index in [0.717, 1.165) is 35.8 Å². The fraction of sp³-hybridized carbons (Fsp3) is 0.333. The fourth-order valence-corrected chi connectivity index (χ4v) is 4.54. The number of amidine groups is 2. The van der Waals surface area contributed by atoms with Crippen molar-refractivity contribution < 1.29 is 23.7 Å². The first-order valence-electron chi connectivity index (χ1n) is 12.2. The number of nitrogens with zero attached hydrogens (tertiary/aromatic N) is 3. The third-order valence-corrected chi connectivity index (χ3v) is 6.46. The maximum atomic E-state index is 12.7. The molecule has 2 aromatic rings. The molecule has 0 atom stereocenters. The Morgan fingerprint density at radius 1 is 1.00 bits per heavy atom. The monoisotopic (exact) mass is 522 g/mol. The third-order valence-electron chi connectivity index (χ3n) is 5.49. The summed E-state index contributed by atoms with van der Waals surface area (Å²) in [5.41, 5.74) is 0.868. The van der Waals surface area contributed by atoms with E-state index in [2.05, 4.69) is 17.0 Å². The number of nitrogens with one attached hydrogen (secondary N) is 1. The number of rotatable bonds is 12. The Bertz CT molecular complexity index is 1240. The van der Waals surface area contributed by atoms with E-state index in [-0.39, 0.29) is 11.4 Å². The molecule has 0 radical (unpaired) electrons. The molecule has 1 N–H and O–H groups in total. The van der Waals surface area contributed by atoms with Crippen molar-refractivity contribution >= 4 is 39.8 Å². The average molecular weight is 523 g/mol. The number of carbonyl (C=O) groups is 1. The van der Waals surface area contributed by atoms with Crippen LogP contribution in [0.2, 0.25) is 0 Å². The van der Waals surface area contributed by atoms with Crippen molar-refractivity contribution in [3.63, 3.8) is 0 Å². The SMILES string of the molecule is CCCCC1=NN2C(=N)/C(=C/c3ccc(OCCOc4ccc(OC)cc4)c(OCC)c3)C(=O)N=C2S1. The van der Waals surface area contributed by atoms with Gasteiger partial charge in [-0.15, -0.1) is 0 Å². The van der Waals surface area contributed by atoms with Crippen LogP contribution in [0.4, 0.5) is 0 Å². The van der Waals surface area contributed by atoms with E-state index < -0.39 is 5.91 Å². The van der Waals surface area contributed by atoms with Crippen LogP contribution in [0.3, 0.4) is 0 Å². The van der Waals surface area contributed by atoms with Gasteiger partial charge in [-0.2, -0.15) is 15.1 Å². The van der Waals surface area contributed by atoms with Gasteiger partial charge < -0.3 is 18.9 Å². The predicted octanol–water partition coefficient (Wildman–Crippen LogP) is 5.36. The molecule has 2 aliphatic rings. The number of hydrogen-bond acceptors (Lipinski definition) is 8. The van der Waals surface area contributed by atoms with Crippen LogP contribution in [0.1, 0.15) is 38.7 Å². The van der Waals surface area contributed by atoms with E-state index in [0.29, 0.717) is 42.1 Å². The lowest BCUT2D eigenvalue weighted by Gasteiger charge is -2.20. The van der Waals surface area contributed by atoms with Gasteiger partial charge in [-0.1, -0.05) is 19.4 Å². The Kier molecular flexibility index (Phi) is 8.84. The van der Waals surface area contributed by atoms with Crippen molar-refractivity contribution in [2.75, 3.05) is 26.9 Å². The molecule has 0 aliphatic carbocycles. The molecule has 0 unspecified atom stereocenters. The van der Waals surface area contributed by atoms with Gasteiger partial charge in [0.05, 0.1) is 19.3 Å².